The predicted octanol–water partition coefficient (Wildman–Crippen LogP) is 3.41. The topological polar surface area (TPSA) is 18.5 Å². The van der Waals surface area contributed by atoms with Gasteiger partial charge in [-0.25, -0.2) is 0 Å². The number of hydrogen-bond donors (Lipinski definition) is 0. The second kappa shape index (κ2) is 5.30. The monoisotopic (exact) mass is 230 g/mol. The highest BCUT2D eigenvalue weighted by Crippen LogP contribution is 2.22. The number of hydrogen-bond acceptors (Lipinski definition) is 2. The summed E-state index contributed by atoms with van der Waals surface area (Å²) in [6, 6.07) is 10.2. The molecule has 90 valence electrons. The zero-order valence-corrected chi connectivity index (χ0v) is 10.3. The van der Waals surface area contributed by atoms with Crippen molar-refractivity contribution in [3.63, 3.8) is 0 Å². The first-order valence-electron chi connectivity index (χ1n) is 5.87. The second-order valence-electron chi connectivity index (χ2n) is 4.52. The number of rotatable bonds is 3. The van der Waals surface area contributed by atoms with Gasteiger partial charge in [0.15, 0.2) is 5.79 Å². The predicted molar refractivity (Wildman–Crippen MR) is 69.5 cm³/mol. The summed E-state index contributed by atoms with van der Waals surface area (Å²) >= 11 is 0. The van der Waals surface area contributed by atoms with Crippen LogP contribution in [0.4, 0.5) is 0 Å². The molecule has 0 bridgehead atoms. The molecule has 0 N–H and O–H groups in total. The van der Waals surface area contributed by atoms with E-state index in [1.807, 2.05) is 50.3 Å². The van der Waals surface area contributed by atoms with Gasteiger partial charge >= 0.3 is 0 Å². The van der Waals surface area contributed by atoms with E-state index in [0.717, 1.165) is 0 Å². The van der Waals surface area contributed by atoms with Gasteiger partial charge in [-0.05, 0) is 19.4 Å². The van der Waals surface area contributed by atoms with Crippen LogP contribution in [0.1, 0.15) is 19.4 Å². The van der Waals surface area contributed by atoms with Gasteiger partial charge in [-0.15, -0.1) is 0 Å². The van der Waals surface area contributed by atoms with Crippen molar-refractivity contribution in [2.75, 3.05) is 6.61 Å². The van der Waals surface area contributed by atoms with E-state index in [0.29, 0.717) is 6.61 Å². The average molecular weight is 230 g/mol. The fourth-order valence-corrected chi connectivity index (χ4v) is 1.73. The highest BCUT2D eigenvalue weighted by molar-refractivity contribution is 5.50. The molecule has 0 spiro atoms. The molecule has 2 nitrogen and oxygen atoms in total. The number of allylic oxidation sites excluding steroid dienone is 2. The minimum atomic E-state index is -0.446. The highest BCUT2D eigenvalue weighted by atomic mass is 16.7. The maximum atomic E-state index is 5.66. The van der Waals surface area contributed by atoms with Crippen molar-refractivity contribution in [1.82, 2.24) is 0 Å². The largest absolute Gasteiger partial charge is 0.347 e. The molecule has 0 aromatic heterocycles. The van der Waals surface area contributed by atoms with Gasteiger partial charge in [-0.2, -0.15) is 0 Å². The molecule has 1 aliphatic rings. The van der Waals surface area contributed by atoms with Gasteiger partial charge in [0.25, 0.3) is 0 Å². The highest BCUT2D eigenvalue weighted by Gasteiger charge is 2.30. The molecule has 1 saturated heterocycles. The molecule has 1 fully saturated rings. The van der Waals surface area contributed by atoms with E-state index in [2.05, 4.69) is 18.2 Å². The SMILES string of the molecule is CC1(C)OCC(/C=C/C=C/c2ccccc2)O1. The molecular weight excluding hydrogens is 212 g/mol. The molecule has 0 radical (unpaired) electrons. The summed E-state index contributed by atoms with van der Waals surface area (Å²) in [5.41, 5.74) is 1.20. The smallest absolute Gasteiger partial charge is 0.163 e. The summed E-state index contributed by atoms with van der Waals surface area (Å²) in [7, 11) is 0. The fourth-order valence-electron chi connectivity index (χ4n) is 1.73. The first kappa shape index (κ1) is 12.1. The molecule has 1 aromatic rings. The van der Waals surface area contributed by atoms with Gasteiger partial charge in [0.1, 0.15) is 6.10 Å². The molecule has 1 heterocycles. The molecule has 1 aliphatic heterocycles. The lowest BCUT2D eigenvalue weighted by Crippen LogP contribution is -2.20. The van der Waals surface area contributed by atoms with E-state index in [1.165, 1.54) is 5.56 Å². The Labute approximate surface area is 103 Å². The molecule has 1 atom stereocenters. The van der Waals surface area contributed by atoms with Gasteiger partial charge in [0.2, 0.25) is 0 Å². The van der Waals surface area contributed by atoms with Crippen LogP contribution in [0.15, 0.2) is 48.6 Å². The van der Waals surface area contributed by atoms with Crippen molar-refractivity contribution in [1.29, 1.82) is 0 Å². The lowest BCUT2D eigenvalue weighted by molar-refractivity contribution is -0.133. The Morgan fingerprint density at radius 3 is 2.59 bits per heavy atom. The van der Waals surface area contributed by atoms with Crippen molar-refractivity contribution in [2.45, 2.75) is 25.7 Å². The van der Waals surface area contributed by atoms with Crippen LogP contribution in [0.2, 0.25) is 0 Å². The van der Waals surface area contributed by atoms with E-state index in [4.69, 9.17) is 9.47 Å². The average Bonchev–Trinajstić information content (AvgIpc) is 2.66. The van der Waals surface area contributed by atoms with Crippen molar-refractivity contribution >= 4 is 6.08 Å². The van der Waals surface area contributed by atoms with Crippen molar-refractivity contribution < 1.29 is 9.47 Å². The summed E-state index contributed by atoms with van der Waals surface area (Å²) in [6.45, 7) is 4.49. The minimum absolute atomic E-state index is 0.0606. The molecule has 0 aliphatic carbocycles. The molecule has 0 saturated carbocycles. The third-order valence-corrected chi connectivity index (χ3v) is 2.56. The Morgan fingerprint density at radius 2 is 1.94 bits per heavy atom. The summed E-state index contributed by atoms with van der Waals surface area (Å²) < 4.78 is 11.1. The summed E-state index contributed by atoms with van der Waals surface area (Å²) in [5, 5.41) is 0. The Morgan fingerprint density at radius 1 is 1.18 bits per heavy atom. The van der Waals surface area contributed by atoms with Crippen LogP contribution < -0.4 is 0 Å². The quantitative estimate of drug-likeness (QED) is 0.741. The molecule has 1 aromatic carbocycles. The van der Waals surface area contributed by atoms with Crippen LogP contribution in [0, 0.1) is 0 Å². The third-order valence-electron chi connectivity index (χ3n) is 2.56. The minimum Gasteiger partial charge on any atom is -0.347 e. The van der Waals surface area contributed by atoms with Gasteiger partial charge in [0, 0.05) is 0 Å². The second-order valence-corrected chi connectivity index (χ2v) is 4.52. The van der Waals surface area contributed by atoms with E-state index >= 15 is 0 Å². The van der Waals surface area contributed by atoms with Gasteiger partial charge in [-0.1, -0.05) is 54.6 Å². The summed E-state index contributed by atoms with van der Waals surface area (Å²) in [5.74, 6) is -0.446. The van der Waals surface area contributed by atoms with Gasteiger partial charge in [-0.3, -0.25) is 0 Å². The first-order chi connectivity index (χ1) is 8.16. The van der Waals surface area contributed by atoms with Crippen molar-refractivity contribution in [2.24, 2.45) is 0 Å². The Balaban J connectivity index is 1.85. The van der Waals surface area contributed by atoms with Crippen LogP contribution in [0.3, 0.4) is 0 Å². The molecular formula is C15H18O2. The van der Waals surface area contributed by atoms with E-state index in [-0.39, 0.29) is 6.10 Å². The summed E-state index contributed by atoms with van der Waals surface area (Å²) in [6.07, 6.45) is 8.17. The maximum absolute atomic E-state index is 5.66. The standard InChI is InChI=1S/C15H18O2/c1-15(2)16-12-14(17-15)11-7-6-10-13-8-4-3-5-9-13/h3-11,14H,12H2,1-2H3/b10-6+,11-7+. The molecule has 2 heteroatoms. The van der Waals surface area contributed by atoms with Crippen LogP contribution >= 0.6 is 0 Å². The van der Waals surface area contributed by atoms with E-state index < -0.39 is 5.79 Å². The van der Waals surface area contributed by atoms with Crippen LogP contribution in [0.25, 0.3) is 6.08 Å². The van der Waals surface area contributed by atoms with E-state index in [1.54, 1.807) is 0 Å². The lowest BCUT2D eigenvalue weighted by Gasteiger charge is -2.15. The van der Waals surface area contributed by atoms with Crippen molar-refractivity contribution in [3.8, 4) is 0 Å². The Kier molecular flexibility index (Phi) is 3.77. The Hall–Kier alpha value is -1.38. The fraction of sp³-hybridized carbons (Fsp3) is 0.333. The molecule has 0 amide bonds. The first-order valence-corrected chi connectivity index (χ1v) is 5.87. The molecule has 1 unspecified atom stereocenters. The lowest BCUT2D eigenvalue weighted by atomic mass is 10.2. The Bertz CT molecular complexity index is 404. The molecule has 17 heavy (non-hydrogen) atoms. The maximum Gasteiger partial charge on any atom is 0.163 e. The normalized spacial score (nSPS) is 23.8. The summed E-state index contributed by atoms with van der Waals surface area (Å²) in [4.78, 5) is 0. The van der Waals surface area contributed by atoms with Crippen LogP contribution in [0.5, 0.6) is 0 Å². The van der Waals surface area contributed by atoms with E-state index in [9.17, 15) is 0 Å². The van der Waals surface area contributed by atoms with Crippen molar-refractivity contribution in [3.05, 3.63) is 54.1 Å². The number of ether oxygens (including phenoxy) is 2. The van der Waals surface area contributed by atoms with Gasteiger partial charge in [0.05, 0.1) is 6.61 Å². The molecule has 2 rings (SSSR count). The van der Waals surface area contributed by atoms with Crippen LogP contribution in [-0.4, -0.2) is 18.5 Å². The van der Waals surface area contributed by atoms with Crippen LogP contribution in [-0.2, 0) is 9.47 Å². The third kappa shape index (κ3) is 3.84. The zero-order chi connectivity index (χ0) is 12.1. The van der Waals surface area contributed by atoms with Gasteiger partial charge < -0.3 is 9.47 Å². The zero-order valence-electron chi connectivity index (χ0n) is 10.3. The number of benzene rings is 1.